The molecular weight excluding hydrogens is 437 g/mol. The van der Waals surface area contributed by atoms with Gasteiger partial charge < -0.3 is 15.2 Å². The zero-order valence-corrected chi connectivity index (χ0v) is 19.3. The fourth-order valence-corrected chi connectivity index (χ4v) is 4.28. The molecule has 1 aliphatic heterocycles. The van der Waals surface area contributed by atoms with Crippen LogP contribution >= 0.6 is 0 Å². The molecule has 2 aromatic heterocycles. The Morgan fingerprint density at radius 2 is 1.91 bits per heavy atom. The van der Waals surface area contributed by atoms with Crippen LogP contribution in [0.1, 0.15) is 42.9 Å². The Morgan fingerprint density at radius 3 is 2.59 bits per heavy atom. The molecule has 2 amide bonds. The first-order valence-electron chi connectivity index (χ1n) is 11.5. The molecule has 3 aromatic rings. The van der Waals surface area contributed by atoms with Crippen molar-refractivity contribution in [2.45, 2.75) is 39.2 Å². The van der Waals surface area contributed by atoms with E-state index in [2.05, 4.69) is 20.3 Å². The lowest BCUT2D eigenvalue weighted by atomic mass is 9.91. The number of carbonyl (C=O) groups is 2. The minimum Gasteiger partial charge on any atom is -0.341 e. The summed E-state index contributed by atoms with van der Waals surface area (Å²) in [4.78, 5) is 51.3. The molecule has 1 saturated heterocycles. The summed E-state index contributed by atoms with van der Waals surface area (Å²) in [5.74, 6) is -1.01. The van der Waals surface area contributed by atoms with Gasteiger partial charge in [0.15, 0.2) is 5.69 Å². The van der Waals surface area contributed by atoms with Crippen LogP contribution in [0.4, 0.5) is 4.39 Å². The number of aromatic nitrogens is 3. The van der Waals surface area contributed by atoms with Crippen LogP contribution in [-0.4, -0.2) is 50.8 Å². The second-order valence-electron chi connectivity index (χ2n) is 9.07. The van der Waals surface area contributed by atoms with Crippen LogP contribution in [0.5, 0.6) is 0 Å². The molecule has 9 heteroatoms. The normalized spacial score (nSPS) is 15.5. The van der Waals surface area contributed by atoms with Crippen molar-refractivity contribution in [3.63, 3.8) is 0 Å². The van der Waals surface area contributed by atoms with Crippen LogP contribution in [-0.2, 0) is 11.2 Å². The topological polar surface area (TPSA) is 108 Å². The van der Waals surface area contributed by atoms with Gasteiger partial charge in [-0.2, -0.15) is 0 Å². The van der Waals surface area contributed by atoms with Gasteiger partial charge in [-0.3, -0.25) is 19.4 Å². The molecular formula is C25H28FN5O3. The molecule has 34 heavy (non-hydrogen) atoms. The fraction of sp³-hybridized carbons (Fsp3) is 0.400. The van der Waals surface area contributed by atoms with E-state index in [1.807, 2.05) is 13.8 Å². The first-order valence-corrected chi connectivity index (χ1v) is 11.5. The SMILES string of the molecule is CC(C)[C@H](NC(=O)c1nc2ccccc2[nH]c1=O)C(=O)N1CCC(Cc2ccc(F)cn2)CC1. The van der Waals surface area contributed by atoms with Gasteiger partial charge in [0.1, 0.15) is 11.9 Å². The lowest BCUT2D eigenvalue weighted by Gasteiger charge is -2.35. The highest BCUT2D eigenvalue weighted by Crippen LogP contribution is 2.22. The lowest BCUT2D eigenvalue weighted by Crippen LogP contribution is -2.53. The smallest absolute Gasteiger partial charge is 0.280 e. The van der Waals surface area contributed by atoms with Crippen molar-refractivity contribution in [3.8, 4) is 0 Å². The third-order valence-corrected chi connectivity index (χ3v) is 6.25. The largest absolute Gasteiger partial charge is 0.341 e. The summed E-state index contributed by atoms with van der Waals surface area (Å²) in [5.41, 5.74) is 1.02. The van der Waals surface area contributed by atoms with E-state index < -0.39 is 17.5 Å². The number of piperidine rings is 1. The summed E-state index contributed by atoms with van der Waals surface area (Å²) in [5, 5.41) is 2.73. The van der Waals surface area contributed by atoms with E-state index in [4.69, 9.17) is 0 Å². The average Bonchev–Trinajstić information content (AvgIpc) is 2.83. The number of pyridine rings is 1. The van der Waals surface area contributed by atoms with Crippen molar-refractivity contribution >= 4 is 22.8 Å². The number of amides is 2. The van der Waals surface area contributed by atoms with Crippen LogP contribution in [0.25, 0.3) is 11.0 Å². The molecule has 4 rings (SSSR count). The standard InChI is InChI=1S/C25H28FN5O3/c1-15(2)21(30-24(33)22-23(32)29-20-6-4-3-5-19(20)28-22)25(34)31-11-9-16(10-12-31)13-18-8-7-17(26)14-27-18/h3-8,14-16,21H,9-13H2,1-2H3,(H,29,32)(H,30,33)/t21-/m0/s1. The molecule has 0 spiro atoms. The number of para-hydroxylation sites is 2. The van der Waals surface area contributed by atoms with Gasteiger partial charge in [-0.25, -0.2) is 9.37 Å². The molecule has 178 valence electrons. The summed E-state index contributed by atoms with van der Waals surface area (Å²) >= 11 is 0. The minimum absolute atomic E-state index is 0.168. The second kappa shape index (κ2) is 10.1. The lowest BCUT2D eigenvalue weighted by molar-refractivity contribution is -0.135. The Morgan fingerprint density at radius 1 is 1.18 bits per heavy atom. The maximum atomic E-state index is 13.3. The maximum Gasteiger partial charge on any atom is 0.280 e. The quantitative estimate of drug-likeness (QED) is 0.582. The second-order valence-corrected chi connectivity index (χ2v) is 9.07. The first kappa shape index (κ1) is 23.5. The Hall–Kier alpha value is -3.62. The molecule has 1 fully saturated rings. The monoisotopic (exact) mass is 465 g/mol. The Balaban J connectivity index is 1.40. The highest BCUT2D eigenvalue weighted by molar-refractivity contribution is 5.97. The summed E-state index contributed by atoms with van der Waals surface area (Å²) in [6, 6.07) is 9.29. The molecule has 0 saturated carbocycles. The van der Waals surface area contributed by atoms with Crippen LogP contribution in [0, 0.1) is 17.7 Å². The van der Waals surface area contributed by atoms with Crippen molar-refractivity contribution < 1.29 is 14.0 Å². The van der Waals surface area contributed by atoms with Gasteiger partial charge in [0.25, 0.3) is 11.5 Å². The maximum absolute atomic E-state index is 13.3. The Kier molecular flexibility index (Phi) is 7.00. The number of aromatic amines is 1. The number of benzene rings is 1. The molecule has 1 atom stereocenters. The van der Waals surface area contributed by atoms with Gasteiger partial charge >= 0.3 is 0 Å². The summed E-state index contributed by atoms with van der Waals surface area (Å²) < 4.78 is 13.1. The third-order valence-electron chi connectivity index (χ3n) is 6.25. The molecule has 1 aliphatic rings. The molecule has 8 nitrogen and oxygen atoms in total. The third kappa shape index (κ3) is 5.30. The van der Waals surface area contributed by atoms with Crippen molar-refractivity contribution in [1.29, 1.82) is 0 Å². The first-order chi connectivity index (χ1) is 16.3. The summed E-state index contributed by atoms with van der Waals surface area (Å²) in [7, 11) is 0. The average molecular weight is 466 g/mol. The van der Waals surface area contributed by atoms with Gasteiger partial charge in [0.05, 0.1) is 17.2 Å². The van der Waals surface area contributed by atoms with Crippen LogP contribution < -0.4 is 10.9 Å². The minimum atomic E-state index is -0.768. The van der Waals surface area contributed by atoms with Crippen LogP contribution in [0.15, 0.2) is 47.4 Å². The van der Waals surface area contributed by atoms with E-state index in [0.29, 0.717) is 30.0 Å². The van der Waals surface area contributed by atoms with Crippen molar-refractivity contribution in [3.05, 3.63) is 70.2 Å². The molecule has 1 aromatic carbocycles. The van der Waals surface area contributed by atoms with E-state index in [-0.39, 0.29) is 23.3 Å². The zero-order chi connectivity index (χ0) is 24.2. The van der Waals surface area contributed by atoms with E-state index in [1.54, 1.807) is 35.2 Å². The zero-order valence-electron chi connectivity index (χ0n) is 19.3. The van der Waals surface area contributed by atoms with Gasteiger partial charge in [-0.15, -0.1) is 0 Å². The number of halogens is 1. The number of hydrogen-bond donors (Lipinski definition) is 2. The Bertz CT molecular complexity index is 1230. The number of nitrogens with one attached hydrogen (secondary N) is 2. The summed E-state index contributed by atoms with van der Waals surface area (Å²) in [6.45, 7) is 4.85. The predicted molar refractivity (Wildman–Crippen MR) is 126 cm³/mol. The number of hydrogen-bond acceptors (Lipinski definition) is 5. The van der Waals surface area contributed by atoms with E-state index in [1.165, 1.54) is 12.3 Å². The number of fused-ring (bicyclic) bond motifs is 1. The number of nitrogens with zero attached hydrogens (tertiary/aromatic N) is 3. The summed E-state index contributed by atoms with van der Waals surface area (Å²) in [6.07, 6.45) is 3.56. The number of carbonyl (C=O) groups excluding carboxylic acids is 2. The number of rotatable bonds is 6. The number of H-pyrrole nitrogens is 1. The van der Waals surface area contributed by atoms with E-state index in [0.717, 1.165) is 25.0 Å². The van der Waals surface area contributed by atoms with Crippen molar-refractivity contribution in [1.82, 2.24) is 25.2 Å². The van der Waals surface area contributed by atoms with Crippen molar-refractivity contribution in [2.24, 2.45) is 11.8 Å². The molecule has 2 N–H and O–H groups in total. The van der Waals surface area contributed by atoms with Crippen LogP contribution in [0.2, 0.25) is 0 Å². The van der Waals surface area contributed by atoms with Crippen molar-refractivity contribution in [2.75, 3.05) is 13.1 Å². The van der Waals surface area contributed by atoms with Gasteiger partial charge in [-0.05, 0) is 55.4 Å². The predicted octanol–water partition coefficient (Wildman–Crippen LogP) is 2.69. The molecule has 0 radical (unpaired) electrons. The highest BCUT2D eigenvalue weighted by Gasteiger charge is 2.32. The molecule has 0 bridgehead atoms. The van der Waals surface area contributed by atoms with Gasteiger partial charge in [0.2, 0.25) is 5.91 Å². The number of likely N-dealkylation sites (tertiary alicyclic amines) is 1. The van der Waals surface area contributed by atoms with Gasteiger partial charge in [0, 0.05) is 18.8 Å². The Labute approximate surface area is 196 Å². The van der Waals surface area contributed by atoms with E-state index >= 15 is 0 Å². The molecule has 3 heterocycles. The highest BCUT2D eigenvalue weighted by atomic mass is 19.1. The molecule has 0 unspecified atom stereocenters. The molecule has 0 aliphatic carbocycles. The fourth-order valence-electron chi connectivity index (χ4n) is 4.28. The van der Waals surface area contributed by atoms with Crippen LogP contribution in [0.3, 0.4) is 0 Å². The van der Waals surface area contributed by atoms with E-state index in [9.17, 15) is 18.8 Å². The van der Waals surface area contributed by atoms with Gasteiger partial charge in [-0.1, -0.05) is 26.0 Å².